The first kappa shape index (κ1) is 15.5. The molecule has 0 aliphatic rings. The summed E-state index contributed by atoms with van der Waals surface area (Å²) in [7, 11) is 0. The molecule has 1 heterocycles. The first-order valence-electron chi connectivity index (χ1n) is 5.81. The number of aliphatic hydroxyl groups is 1. The molecular weight excluding hydrogens is 318 g/mol. The molecule has 0 saturated heterocycles. The predicted molar refractivity (Wildman–Crippen MR) is 81.7 cm³/mol. The minimum absolute atomic E-state index is 0.177. The zero-order valence-corrected chi connectivity index (χ0v) is 13.4. The largest absolute Gasteiger partial charge is 0.396 e. The molecule has 0 amide bonds. The van der Waals surface area contributed by atoms with Gasteiger partial charge in [0.05, 0.1) is 9.04 Å². The fourth-order valence-electron chi connectivity index (χ4n) is 1.43. The molecule has 0 fully saturated rings. The Balaban J connectivity index is 2.67. The molecular formula is C12H20BrNOS2. The van der Waals surface area contributed by atoms with Gasteiger partial charge in [0.1, 0.15) is 0 Å². The molecule has 98 valence electrons. The van der Waals surface area contributed by atoms with Crippen LogP contribution in [0.15, 0.2) is 15.9 Å². The Morgan fingerprint density at radius 3 is 2.71 bits per heavy atom. The second kappa shape index (κ2) is 7.79. The summed E-state index contributed by atoms with van der Waals surface area (Å²) in [5.41, 5.74) is 6.19. The number of aliphatic hydroxyl groups excluding tert-OH is 1. The molecule has 1 aromatic rings. The van der Waals surface area contributed by atoms with Gasteiger partial charge < -0.3 is 10.8 Å². The molecule has 0 radical (unpaired) electrons. The van der Waals surface area contributed by atoms with Crippen LogP contribution in [0.4, 0.5) is 0 Å². The van der Waals surface area contributed by atoms with E-state index in [4.69, 9.17) is 10.8 Å². The number of rotatable bonds is 7. The van der Waals surface area contributed by atoms with E-state index in [2.05, 4.69) is 41.9 Å². The molecule has 3 unspecified atom stereocenters. The number of thioether (sulfide) groups is 1. The maximum atomic E-state index is 9.07. The lowest BCUT2D eigenvalue weighted by molar-refractivity contribution is 0.250. The first-order chi connectivity index (χ1) is 8.08. The van der Waals surface area contributed by atoms with Crippen molar-refractivity contribution in [3.63, 3.8) is 0 Å². The summed E-state index contributed by atoms with van der Waals surface area (Å²) in [4.78, 5) is 1.32. The fraction of sp³-hybridized carbons (Fsp3) is 0.667. The van der Waals surface area contributed by atoms with E-state index < -0.39 is 0 Å². The number of thiophene rings is 1. The highest BCUT2D eigenvalue weighted by Crippen LogP contribution is 2.38. The maximum absolute atomic E-state index is 9.07. The lowest BCUT2D eigenvalue weighted by Crippen LogP contribution is -2.26. The normalized spacial score (nSPS) is 16.8. The Hall–Kier alpha value is 0.450. The highest BCUT2D eigenvalue weighted by Gasteiger charge is 2.21. The van der Waals surface area contributed by atoms with Crippen molar-refractivity contribution in [2.75, 3.05) is 12.4 Å². The third-order valence-electron chi connectivity index (χ3n) is 2.61. The molecule has 5 heteroatoms. The Labute approximate surface area is 120 Å². The van der Waals surface area contributed by atoms with E-state index >= 15 is 0 Å². The number of hydrogen-bond acceptors (Lipinski definition) is 4. The van der Waals surface area contributed by atoms with Gasteiger partial charge in [0.25, 0.3) is 0 Å². The quantitative estimate of drug-likeness (QED) is 0.798. The van der Waals surface area contributed by atoms with Crippen LogP contribution in [0.5, 0.6) is 0 Å². The Morgan fingerprint density at radius 2 is 2.24 bits per heavy atom. The Bertz CT molecular complexity index is 332. The van der Waals surface area contributed by atoms with Gasteiger partial charge in [-0.25, -0.2) is 0 Å². The molecule has 3 N–H and O–H groups in total. The van der Waals surface area contributed by atoms with Gasteiger partial charge in [-0.1, -0.05) is 13.8 Å². The smallest absolute Gasteiger partial charge is 0.0701 e. The van der Waals surface area contributed by atoms with Crippen LogP contribution in [0.2, 0.25) is 0 Å². The Morgan fingerprint density at radius 1 is 1.53 bits per heavy atom. The highest BCUT2D eigenvalue weighted by molar-refractivity contribution is 9.11. The molecule has 1 aromatic heterocycles. The molecule has 1 rings (SSSR count). The van der Waals surface area contributed by atoms with Gasteiger partial charge in [0.15, 0.2) is 0 Å². The third kappa shape index (κ3) is 4.91. The zero-order valence-electron chi connectivity index (χ0n) is 10.2. The number of nitrogens with two attached hydrogens (primary N) is 1. The van der Waals surface area contributed by atoms with E-state index in [0.717, 1.165) is 16.0 Å². The second-order valence-corrected chi connectivity index (χ2v) is 7.92. The van der Waals surface area contributed by atoms with Crippen molar-refractivity contribution < 1.29 is 5.11 Å². The van der Waals surface area contributed by atoms with Gasteiger partial charge in [-0.3, -0.25) is 0 Å². The topological polar surface area (TPSA) is 46.2 Å². The summed E-state index contributed by atoms with van der Waals surface area (Å²) in [6.45, 7) is 4.43. The minimum Gasteiger partial charge on any atom is -0.396 e. The van der Waals surface area contributed by atoms with E-state index in [9.17, 15) is 0 Å². The van der Waals surface area contributed by atoms with E-state index in [1.165, 1.54) is 4.88 Å². The van der Waals surface area contributed by atoms with Crippen molar-refractivity contribution in [1.82, 2.24) is 0 Å². The summed E-state index contributed by atoms with van der Waals surface area (Å²) in [6, 6.07) is 4.40. The summed E-state index contributed by atoms with van der Waals surface area (Å²) >= 11 is 7.10. The molecule has 0 aliphatic heterocycles. The summed E-state index contributed by atoms with van der Waals surface area (Å²) in [5.74, 6) is 1.28. The van der Waals surface area contributed by atoms with Crippen molar-refractivity contribution >= 4 is 39.0 Å². The summed E-state index contributed by atoms with van der Waals surface area (Å²) < 4.78 is 1.15. The van der Waals surface area contributed by atoms with Crippen molar-refractivity contribution in [2.45, 2.75) is 31.6 Å². The highest BCUT2D eigenvalue weighted by atomic mass is 79.9. The van der Waals surface area contributed by atoms with Crippen LogP contribution in [0.25, 0.3) is 0 Å². The molecule has 17 heavy (non-hydrogen) atoms. The average molecular weight is 338 g/mol. The van der Waals surface area contributed by atoms with Crippen LogP contribution >= 0.6 is 39.0 Å². The maximum Gasteiger partial charge on any atom is 0.0701 e. The molecule has 0 bridgehead atoms. The monoisotopic (exact) mass is 337 g/mol. The van der Waals surface area contributed by atoms with Crippen LogP contribution < -0.4 is 5.73 Å². The van der Waals surface area contributed by atoms with E-state index in [-0.39, 0.29) is 12.6 Å². The van der Waals surface area contributed by atoms with Crippen molar-refractivity contribution in [3.8, 4) is 0 Å². The Kier molecular flexibility index (Phi) is 7.11. The standard InChI is InChI=1S/C12H20BrNOS2/c1-3-9(14)12(16-7-8(2)6-15)10-4-5-11(13)17-10/h4-5,8-9,12,15H,3,6-7,14H2,1-2H3. The van der Waals surface area contributed by atoms with Gasteiger partial charge in [-0.2, -0.15) is 11.8 Å². The van der Waals surface area contributed by atoms with E-state index in [1.54, 1.807) is 11.3 Å². The van der Waals surface area contributed by atoms with E-state index in [0.29, 0.717) is 11.2 Å². The molecule has 3 atom stereocenters. The second-order valence-electron chi connectivity index (χ2n) is 4.26. The molecule has 0 aliphatic carbocycles. The molecule has 0 spiro atoms. The third-order valence-corrected chi connectivity index (χ3v) is 6.19. The molecule has 0 aromatic carbocycles. The molecule has 2 nitrogen and oxygen atoms in total. The SMILES string of the molecule is CCC(N)C(SCC(C)CO)c1ccc(Br)s1. The van der Waals surface area contributed by atoms with Gasteiger partial charge in [-0.15, -0.1) is 11.3 Å². The van der Waals surface area contributed by atoms with E-state index in [1.807, 2.05) is 11.8 Å². The summed E-state index contributed by atoms with van der Waals surface area (Å²) in [5, 5.41) is 9.41. The van der Waals surface area contributed by atoms with Crippen molar-refractivity contribution in [2.24, 2.45) is 11.7 Å². The first-order valence-corrected chi connectivity index (χ1v) is 8.47. The van der Waals surface area contributed by atoms with Crippen LogP contribution in [-0.2, 0) is 0 Å². The van der Waals surface area contributed by atoms with Crippen LogP contribution in [0.1, 0.15) is 30.4 Å². The lowest BCUT2D eigenvalue weighted by Gasteiger charge is -2.22. The van der Waals surface area contributed by atoms with Crippen LogP contribution in [-0.4, -0.2) is 23.5 Å². The van der Waals surface area contributed by atoms with Crippen LogP contribution in [0, 0.1) is 5.92 Å². The van der Waals surface area contributed by atoms with Crippen LogP contribution in [0.3, 0.4) is 0 Å². The fourth-order valence-corrected chi connectivity index (χ4v) is 4.59. The predicted octanol–water partition coefficient (Wildman–Crippen LogP) is 3.65. The molecule has 0 saturated carbocycles. The van der Waals surface area contributed by atoms with Crippen molar-refractivity contribution in [3.05, 3.63) is 20.8 Å². The van der Waals surface area contributed by atoms with Gasteiger partial charge in [-0.05, 0) is 46.2 Å². The summed E-state index contributed by atoms with van der Waals surface area (Å²) in [6.07, 6.45) is 0.973. The van der Waals surface area contributed by atoms with Crippen molar-refractivity contribution in [1.29, 1.82) is 0 Å². The minimum atomic E-state index is 0.177. The van der Waals surface area contributed by atoms with Gasteiger partial charge >= 0.3 is 0 Å². The van der Waals surface area contributed by atoms with Gasteiger partial charge in [0.2, 0.25) is 0 Å². The number of hydrogen-bond donors (Lipinski definition) is 2. The lowest BCUT2D eigenvalue weighted by atomic mass is 10.1. The number of halogens is 1. The zero-order chi connectivity index (χ0) is 12.8. The van der Waals surface area contributed by atoms with Gasteiger partial charge in [0, 0.05) is 17.5 Å². The average Bonchev–Trinajstić information content (AvgIpc) is 2.75.